The van der Waals surface area contributed by atoms with Gasteiger partial charge in [-0.15, -0.1) is 11.3 Å². The van der Waals surface area contributed by atoms with E-state index in [1.54, 1.807) is 11.3 Å². The van der Waals surface area contributed by atoms with E-state index in [0.717, 1.165) is 88.2 Å². The average molecular weight is 920 g/mol. The van der Waals surface area contributed by atoms with Gasteiger partial charge in [-0.2, -0.15) is 0 Å². The molecular formula is C67H41N3S. The minimum Gasteiger partial charge on any atom is -0.245 e. The molecule has 0 aliphatic heterocycles. The highest BCUT2D eigenvalue weighted by Gasteiger charge is 2.20. The molecule has 330 valence electrons. The van der Waals surface area contributed by atoms with E-state index in [0.29, 0.717) is 0 Å². The predicted molar refractivity (Wildman–Crippen MR) is 301 cm³/mol. The second kappa shape index (κ2) is 16.8. The first-order valence-electron chi connectivity index (χ1n) is 24.1. The van der Waals surface area contributed by atoms with Gasteiger partial charge in [-0.25, -0.2) is 15.0 Å². The smallest absolute Gasteiger partial charge is 0.124 e. The minimum atomic E-state index is 0.870. The zero-order valence-corrected chi connectivity index (χ0v) is 39.2. The Morgan fingerprint density at radius 3 is 1.25 bits per heavy atom. The summed E-state index contributed by atoms with van der Waals surface area (Å²) < 4.78 is 1.19. The molecule has 11 aromatic carbocycles. The molecule has 0 saturated heterocycles. The number of rotatable bonds is 7. The van der Waals surface area contributed by atoms with E-state index < -0.39 is 0 Å². The van der Waals surface area contributed by atoms with Crippen molar-refractivity contribution in [2.45, 2.75) is 0 Å². The first-order valence-corrected chi connectivity index (χ1v) is 24.9. The van der Waals surface area contributed by atoms with Crippen molar-refractivity contribution in [2.24, 2.45) is 0 Å². The highest BCUT2D eigenvalue weighted by atomic mass is 32.1. The molecule has 14 aromatic rings. The highest BCUT2D eigenvalue weighted by Crippen LogP contribution is 2.45. The van der Waals surface area contributed by atoms with E-state index in [2.05, 4.69) is 243 Å². The van der Waals surface area contributed by atoms with Crippen LogP contribution in [-0.4, -0.2) is 15.0 Å². The van der Waals surface area contributed by atoms with Crippen LogP contribution in [0.15, 0.2) is 249 Å². The summed E-state index contributed by atoms with van der Waals surface area (Å²) in [5.74, 6) is 0. The van der Waals surface area contributed by atoms with Crippen molar-refractivity contribution in [3.63, 3.8) is 0 Å². The molecule has 0 bridgehead atoms. The van der Waals surface area contributed by atoms with E-state index in [-0.39, 0.29) is 0 Å². The van der Waals surface area contributed by atoms with Crippen molar-refractivity contribution < 1.29 is 0 Å². The molecule has 0 aliphatic carbocycles. The van der Waals surface area contributed by atoms with Gasteiger partial charge in [0.2, 0.25) is 0 Å². The molecule has 14 rings (SSSR count). The van der Waals surface area contributed by atoms with Crippen molar-refractivity contribution in [1.82, 2.24) is 15.0 Å². The van der Waals surface area contributed by atoms with Crippen LogP contribution in [0.2, 0.25) is 0 Å². The lowest BCUT2D eigenvalue weighted by molar-refractivity contribution is 1.36. The van der Waals surface area contributed by atoms with Crippen LogP contribution in [0.5, 0.6) is 0 Å². The fraction of sp³-hybridized carbons (Fsp3) is 0. The maximum atomic E-state index is 5.60. The number of thiazole rings is 1. The van der Waals surface area contributed by atoms with Gasteiger partial charge >= 0.3 is 0 Å². The summed E-state index contributed by atoms with van der Waals surface area (Å²) in [5.41, 5.74) is 17.1. The molecule has 0 saturated carbocycles. The van der Waals surface area contributed by atoms with Gasteiger partial charge in [0.25, 0.3) is 0 Å². The van der Waals surface area contributed by atoms with Gasteiger partial charge in [-0.1, -0.05) is 218 Å². The van der Waals surface area contributed by atoms with Gasteiger partial charge in [0, 0.05) is 27.5 Å². The molecule has 0 radical (unpaired) electrons. The molecule has 0 N–H and O–H groups in total. The summed E-state index contributed by atoms with van der Waals surface area (Å²) in [7, 11) is 0. The van der Waals surface area contributed by atoms with E-state index in [4.69, 9.17) is 15.0 Å². The van der Waals surface area contributed by atoms with Crippen molar-refractivity contribution >= 4 is 75.7 Å². The fourth-order valence-corrected chi connectivity index (χ4v) is 11.6. The maximum Gasteiger partial charge on any atom is 0.124 e. The molecule has 3 aromatic heterocycles. The molecular weight excluding hydrogens is 879 g/mol. The average Bonchev–Trinajstić information content (AvgIpc) is 3.89. The summed E-state index contributed by atoms with van der Waals surface area (Å²) in [5, 5.41) is 10.5. The van der Waals surface area contributed by atoms with Crippen molar-refractivity contribution in [1.29, 1.82) is 0 Å². The number of para-hydroxylation sites is 1. The number of hydrogen-bond donors (Lipinski definition) is 0. The summed E-state index contributed by atoms with van der Waals surface area (Å²) in [6.07, 6.45) is 0. The Kier molecular flexibility index (Phi) is 9.71. The number of hydrogen-bond acceptors (Lipinski definition) is 4. The third-order valence-electron chi connectivity index (χ3n) is 14.1. The van der Waals surface area contributed by atoms with Crippen LogP contribution >= 0.6 is 11.3 Å². The highest BCUT2D eigenvalue weighted by molar-refractivity contribution is 7.21. The first-order chi connectivity index (χ1) is 35.2. The van der Waals surface area contributed by atoms with Crippen LogP contribution < -0.4 is 0 Å². The molecule has 0 aliphatic rings. The molecule has 71 heavy (non-hydrogen) atoms. The maximum absolute atomic E-state index is 5.60. The number of aromatic nitrogens is 3. The lowest BCUT2D eigenvalue weighted by Crippen LogP contribution is -1.96. The summed E-state index contributed by atoms with van der Waals surface area (Å²) >= 11 is 1.72. The lowest BCUT2D eigenvalue weighted by Gasteiger charge is -2.18. The van der Waals surface area contributed by atoms with Crippen molar-refractivity contribution in [3.8, 4) is 77.6 Å². The zero-order valence-electron chi connectivity index (χ0n) is 38.4. The van der Waals surface area contributed by atoms with Gasteiger partial charge in [0.1, 0.15) is 5.01 Å². The second-order valence-corrected chi connectivity index (χ2v) is 19.3. The van der Waals surface area contributed by atoms with E-state index in [9.17, 15) is 0 Å². The van der Waals surface area contributed by atoms with Gasteiger partial charge in [-0.3, -0.25) is 0 Å². The molecule has 0 unspecified atom stereocenters. The molecule has 0 atom stereocenters. The Morgan fingerprint density at radius 2 is 0.704 bits per heavy atom. The number of fused-ring (bicyclic) bond motifs is 7. The Labute approximate surface area is 414 Å². The fourth-order valence-electron chi connectivity index (χ4n) is 10.7. The van der Waals surface area contributed by atoms with Crippen LogP contribution in [0.25, 0.3) is 142 Å². The number of benzene rings is 11. The summed E-state index contributed by atoms with van der Waals surface area (Å²) in [4.78, 5) is 16.1. The first kappa shape index (κ1) is 40.9. The SMILES string of the molecule is c1ccc(-c2cc(-c3ccc(-c4nc5ccccc5s4)cc3)nc3c2ccc2c(-c4ccccc4)cc(-c4ccc(-c5c6ccccc6c(-c6ccc7ccccc7c6)c6ccccc56)cc4)nc23)cc1. The van der Waals surface area contributed by atoms with Crippen LogP contribution in [0, 0.1) is 0 Å². The van der Waals surface area contributed by atoms with Crippen molar-refractivity contribution in [3.05, 3.63) is 249 Å². The van der Waals surface area contributed by atoms with Crippen LogP contribution in [-0.2, 0) is 0 Å². The number of pyridine rings is 2. The minimum absolute atomic E-state index is 0.870. The van der Waals surface area contributed by atoms with Gasteiger partial charge in [-0.05, 0) is 107 Å². The third kappa shape index (κ3) is 7.07. The van der Waals surface area contributed by atoms with E-state index >= 15 is 0 Å². The molecule has 0 amide bonds. The predicted octanol–water partition coefficient (Wildman–Crippen LogP) is 18.5. The molecule has 3 nitrogen and oxygen atoms in total. The monoisotopic (exact) mass is 919 g/mol. The normalized spacial score (nSPS) is 11.7. The molecule has 0 fully saturated rings. The Bertz CT molecular complexity index is 4280. The Balaban J connectivity index is 0.936. The van der Waals surface area contributed by atoms with Crippen LogP contribution in [0.3, 0.4) is 0 Å². The number of nitrogens with zero attached hydrogens (tertiary/aromatic N) is 3. The van der Waals surface area contributed by atoms with Crippen LogP contribution in [0.1, 0.15) is 0 Å². The standard InChI is InChI=1S/C67H41N3S/c1-3-16-43(17-4-1)57-40-60(45-28-32-47(33-29-45)63-51-21-9-11-23-53(51)64(54-24-12-10-22-52(54)63)50-36-27-42-15-7-8-20-49(42)39-50)68-65-55(57)37-38-56-58(44-18-5-2-6-19-44)41-61(69-66(56)65)46-30-34-48(35-31-46)67-70-59-25-13-14-26-62(59)71-67/h1-41H. The Morgan fingerprint density at radius 1 is 0.268 bits per heavy atom. The lowest BCUT2D eigenvalue weighted by atomic mass is 9.85. The summed E-state index contributed by atoms with van der Waals surface area (Å²) in [6.45, 7) is 0. The van der Waals surface area contributed by atoms with Gasteiger partial charge in [0.05, 0.1) is 32.6 Å². The van der Waals surface area contributed by atoms with E-state index in [1.165, 1.54) is 53.7 Å². The third-order valence-corrected chi connectivity index (χ3v) is 15.2. The van der Waals surface area contributed by atoms with E-state index in [1.807, 2.05) is 6.07 Å². The molecule has 4 heteroatoms. The van der Waals surface area contributed by atoms with Crippen LogP contribution in [0.4, 0.5) is 0 Å². The largest absolute Gasteiger partial charge is 0.245 e. The van der Waals surface area contributed by atoms with Gasteiger partial charge in [0.15, 0.2) is 0 Å². The zero-order chi connectivity index (χ0) is 46.8. The quantitative estimate of drug-likeness (QED) is 0.118. The molecule has 3 heterocycles. The molecule has 0 spiro atoms. The summed E-state index contributed by atoms with van der Waals surface area (Å²) in [6, 6.07) is 89.6. The van der Waals surface area contributed by atoms with Crippen molar-refractivity contribution in [2.75, 3.05) is 0 Å². The van der Waals surface area contributed by atoms with Gasteiger partial charge < -0.3 is 0 Å². The second-order valence-electron chi connectivity index (χ2n) is 18.2. The topological polar surface area (TPSA) is 38.7 Å². The Hall–Kier alpha value is -9.09.